The fourth-order valence-corrected chi connectivity index (χ4v) is 2.64. The summed E-state index contributed by atoms with van der Waals surface area (Å²) in [7, 11) is 2.96. The monoisotopic (exact) mass is 343 g/mol. The summed E-state index contributed by atoms with van der Waals surface area (Å²) >= 11 is 0. The van der Waals surface area contributed by atoms with Gasteiger partial charge in [-0.25, -0.2) is 4.79 Å². The van der Waals surface area contributed by atoms with E-state index in [-0.39, 0.29) is 23.3 Å². The van der Waals surface area contributed by atoms with Gasteiger partial charge < -0.3 is 19.9 Å². The van der Waals surface area contributed by atoms with Crippen molar-refractivity contribution < 1.29 is 24.2 Å². The van der Waals surface area contributed by atoms with E-state index in [1.54, 1.807) is 20.1 Å². The minimum atomic E-state index is -1.15. The van der Waals surface area contributed by atoms with Crippen molar-refractivity contribution in [1.82, 2.24) is 5.32 Å². The lowest BCUT2D eigenvalue weighted by Gasteiger charge is -2.18. The van der Waals surface area contributed by atoms with Gasteiger partial charge in [0.25, 0.3) is 5.91 Å². The number of nitrogens with one attached hydrogen (secondary N) is 1. The third kappa shape index (κ3) is 3.91. The summed E-state index contributed by atoms with van der Waals surface area (Å²) < 4.78 is 10.4. The predicted molar refractivity (Wildman–Crippen MR) is 93.6 cm³/mol. The topological polar surface area (TPSA) is 84.9 Å². The quantitative estimate of drug-likeness (QED) is 0.841. The number of carboxylic acids is 1. The van der Waals surface area contributed by atoms with Crippen LogP contribution in [0.5, 0.6) is 11.5 Å². The number of carbonyl (C=O) groups is 2. The van der Waals surface area contributed by atoms with Crippen molar-refractivity contribution in [3.63, 3.8) is 0 Å². The van der Waals surface area contributed by atoms with Gasteiger partial charge in [-0.15, -0.1) is 0 Å². The molecule has 0 aliphatic rings. The first kappa shape index (κ1) is 18.3. The third-order valence-corrected chi connectivity index (χ3v) is 3.97. The first-order chi connectivity index (χ1) is 11.9. The van der Waals surface area contributed by atoms with Crippen LogP contribution in [0.3, 0.4) is 0 Å². The van der Waals surface area contributed by atoms with Crippen LogP contribution >= 0.6 is 0 Å². The molecule has 2 rings (SSSR count). The van der Waals surface area contributed by atoms with Gasteiger partial charge in [0, 0.05) is 11.1 Å². The number of methoxy groups -OCH3 is 2. The van der Waals surface area contributed by atoms with Gasteiger partial charge in [-0.1, -0.05) is 18.2 Å². The van der Waals surface area contributed by atoms with Gasteiger partial charge in [-0.3, -0.25) is 4.79 Å². The molecule has 6 nitrogen and oxygen atoms in total. The smallest absolute Gasteiger partial charge is 0.339 e. The number of ether oxygens (including phenoxy) is 2. The molecule has 0 heterocycles. The molecule has 1 amide bonds. The highest BCUT2D eigenvalue weighted by atomic mass is 16.5. The van der Waals surface area contributed by atoms with Gasteiger partial charge >= 0.3 is 5.97 Å². The van der Waals surface area contributed by atoms with Crippen molar-refractivity contribution in [2.75, 3.05) is 14.2 Å². The van der Waals surface area contributed by atoms with E-state index in [9.17, 15) is 14.7 Å². The highest BCUT2D eigenvalue weighted by Crippen LogP contribution is 2.26. The van der Waals surface area contributed by atoms with Crippen molar-refractivity contribution in [1.29, 1.82) is 0 Å². The first-order valence-corrected chi connectivity index (χ1v) is 7.74. The standard InChI is InChI=1S/C19H21NO5/c1-11-9-17(25-4)15(19(22)23)10-14(11)18(21)20-12(2)13-7-5-6-8-16(13)24-3/h5-10,12H,1-4H3,(H,20,21)(H,22,23). The summed E-state index contributed by atoms with van der Waals surface area (Å²) in [6.45, 7) is 3.57. The van der Waals surface area contributed by atoms with Crippen LogP contribution in [0.4, 0.5) is 0 Å². The second-order valence-corrected chi connectivity index (χ2v) is 5.61. The lowest BCUT2D eigenvalue weighted by Crippen LogP contribution is -2.28. The van der Waals surface area contributed by atoms with Crippen LogP contribution < -0.4 is 14.8 Å². The van der Waals surface area contributed by atoms with E-state index >= 15 is 0 Å². The van der Waals surface area contributed by atoms with Crippen molar-refractivity contribution in [2.45, 2.75) is 19.9 Å². The summed E-state index contributed by atoms with van der Waals surface area (Å²) in [5.74, 6) is -0.614. The van der Waals surface area contributed by atoms with Gasteiger partial charge in [0.15, 0.2) is 0 Å². The second kappa shape index (κ2) is 7.70. The summed E-state index contributed by atoms with van der Waals surface area (Å²) in [5.41, 5.74) is 1.71. The summed E-state index contributed by atoms with van der Waals surface area (Å²) in [6.07, 6.45) is 0. The minimum Gasteiger partial charge on any atom is -0.496 e. The van der Waals surface area contributed by atoms with Crippen LogP contribution in [0.1, 0.15) is 44.8 Å². The number of benzene rings is 2. The zero-order valence-corrected chi connectivity index (χ0v) is 14.6. The number of carboxylic acid groups (broad SMARTS) is 1. The van der Waals surface area contributed by atoms with Crippen LogP contribution in [-0.4, -0.2) is 31.2 Å². The fraction of sp³-hybridized carbons (Fsp3) is 0.263. The zero-order chi connectivity index (χ0) is 18.6. The first-order valence-electron chi connectivity index (χ1n) is 7.74. The van der Waals surface area contributed by atoms with E-state index in [1.165, 1.54) is 13.2 Å². The molecular weight excluding hydrogens is 322 g/mol. The van der Waals surface area contributed by atoms with Gasteiger partial charge in [-0.2, -0.15) is 0 Å². The number of hydrogen-bond donors (Lipinski definition) is 2. The molecule has 0 spiro atoms. The molecule has 0 aromatic heterocycles. The maximum atomic E-state index is 12.6. The van der Waals surface area contributed by atoms with E-state index in [0.717, 1.165) is 5.56 Å². The minimum absolute atomic E-state index is 0.0526. The predicted octanol–water partition coefficient (Wildman–Crippen LogP) is 3.20. The number of aryl methyl sites for hydroxylation is 1. The van der Waals surface area contributed by atoms with Crippen molar-refractivity contribution >= 4 is 11.9 Å². The summed E-state index contributed by atoms with van der Waals surface area (Å²) in [6, 6.07) is 9.98. The Bertz CT molecular complexity index is 800. The Morgan fingerprint density at radius 1 is 1.04 bits per heavy atom. The van der Waals surface area contributed by atoms with E-state index in [0.29, 0.717) is 16.9 Å². The molecule has 2 N–H and O–H groups in total. The third-order valence-electron chi connectivity index (χ3n) is 3.97. The molecule has 0 aliphatic carbocycles. The lowest BCUT2D eigenvalue weighted by molar-refractivity contribution is 0.0693. The van der Waals surface area contributed by atoms with Crippen LogP contribution in [0.2, 0.25) is 0 Å². The molecule has 1 unspecified atom stereocenters. The number of rotatable bonds is 6. The second-order valence-electron chi connectivity index (χ2n) is 5.61. The average Bonchev–Trinajstić information content (AvgIpc) is 2.60. The number of aromatic carboxylic acids is 1. The normalized spacial score (nSPS) is 11.5. The van der Waals surface area contributed by atoms with E-state index < -0.39 is 5.97 Å². The molecule has 2 aromatic rings. The largest absolute Gasteiger partial charge is 0.496 e. The van der Waals surface area contributed by atoms with Crippen LogP contribution in [0, 0.1) is 6.92 Å². The lowest BCUT2D eigenvalue weighted by atomic mass is 10.0. The van der Waals surface area contributed by atoms with Crippen LogP contribution in [0.15, 0.2) is 36.4 Å². The van der Waals surface area contributed by atoms with Crippen molar-refractivity contribution in [3.8, 4) is 11.5 Å². The Morgan fingerprint density at radius 2 is 1.68 bits per heavy atom. The van der Waals surface area contributed by atoms with Gasteiger partial charge in [0.1, 0.15) is 17.1 Å². The molecule has 0 bridgehead atoms. The Balaban J connectivity index is 2.32. The fourth-order valence-electron chi connectivity index (χ4n) is 2.64. The molecule has 0 fully saturated rings. The Hall–Kier alpha value is -3.02. The molecule has 6 heteroatoms. The molecule has 132 valence electrons. The number of para-hydroxylation sites is 1. The Kier molecular flexibility index (Phi) is 5.64. The number of amides is 1. The summed E-state index contributed by atoms with van der Waals surface area (Å²) in [5, 5.41) is 12.2. The zero-order valence-electron chi connectivity index (χ0n) is 14.6. The van der Waals surface area contributed by atoms with E-state index in [4.69, 9.17) is 9.47 Å². The van der Waals surface area contributed by atoms with Gasteiger partial charge in [-0.05, 0) is 37.6 Å². The molecule has 0 saturated heterocycles. The SMILES string of the molecule is COc1cc(C)c(C(=O)NC(C)c2ccccc2OC)cc1C(=O)O. The molecule has 2 aromatic carbocycles. The Labute approximate surface area is 146 Å². The highest BCUT2D eigenvalue weighted by Gasteiger charge is 2.20. The van der Waals surface area contributed by atoms with Crippen molar-refractivity contribution in [3.05, 3.63) is 58.7 Å². The van der Waals surface area contributed by atoms with Crippen molar-refractivity contribution in [2.24, 2.45) is 0 Å². The van der Waals surface area contributed by atoms with Crippen LogP contribution in [0.25, 0.3) is 0 Å². The molecular formula is C19H21NO5. The molecule has 25 heavy (non-hydrogen) atoms. The van der Waals surface area contributed by atoms with Gasteiger partial charge in [0.05, 0.1) is 20.3 Å². The maximum absolute atomic E-state index is 12.6. The summed E-state index contributed by atoms with van der Waals surface area (Å²) in [4.78, 5) is 24.0. The van der Waals surface area contributed by atoms with E-state index in [1.807, 2.05) is 31.2 Å². The Morgan fingerprint density at radius 3 is 2.28 bits per heavy atom. The number of hydrogen-bond acceptors (Lipinski definition) is 4. The molecule has 0 aliphatic heterocycles. The highest BCUT2D eigenvalue weighted by molar-refractivity contribution is 6.00. The maximum Gasteiger partial charge on any atom is 0.339 e. The van der Waals surface area contributed by atoms with Crippen LogP contribution in [-0.2, 0) is 0 Å². The number of carbonyl (C=O) groups excluding carboxylic acids is 1. The average molecular weight is 343 g/mol. The van der Waals surface area contributed by atoms with Gasteiger partial charge in [0.2, 0.25) is 0 Å². The molecule has 0 saturated carbocycles. The molecule has 1 atom stereocenters. The molecule has 0 radical (unpaired) electrons. The van der Waals surface area contributed by atoms with E-state index in [2.05, 4.69) is 5.32 Å².